The first kappa shape index (κ1) is 16.8. The summed E-state index contributed by atoms with van der Waals surface area (Å²) < 4.78 is 7.34. The third kappa shape index (κ3) is 4.07. The highest BCUT2D eigenvalue weighted by Gasteiger charge is 2.11. The largest absolute Gasteiger partial charge is 0.471 e. The van der Waals surface area contributed by atoms with Crippen molar-refractivity contribution in [2.45, 2.75) is 27.5 Å². The molecule has 1 aromatic heterocycles. The molecular formula is C20H21N3O2. The molecule has 128 valence electrons. The van der Waals surface area contributed by atoms with Crippen LogP contribution in [0.1, 0.15) is 27.2 Å². The number of carbonyl (C=O) groups is 1. The van der Waals surface area contributed by atoms with Crippen LogP contribution in [0.2, 0.25) is 0 Å². The van der Waals surface area contributed by atoms with Gasteiger partial charge in [-0.3, -0.25) is 4.79 Å². The number of carbonyl (C=O) groups excluding carboxylic acids is 1. The maximum absolute atomic E-state index is 12.4. The molecule has 1 amide bonds. The van der Waals surface area contributed by atoms with Crippen LogP contribution in [-0.2, 0) is 6.73 Å². The number of benzene rings is 2. The summed E-state index contributed by atoms with van der Waals surface area (Å²) in [5.74, 6) is 0.572. The zero-order valence-electron chi connectivity index (χ0n) is 14.6. The molecule has 5 nitrogen and oxygen atoms in total. The number of aryl methyl sites for hydroxylation is 3. The first-order valence-corrected chi connectivity index (χ1v) is 8.13. The van der Waals surface area contributed by atoms with Crippen LogP contribution in [0.5, 0.6) is 5.75 Å². The SMILES string of the molecule is Cc1ccc(C)c(NC(=O)c2ccn(COc3ccccc3C)n2)c1. The quantitative estimate of drug-likeness (QED) is 0.764. The summed E-state index contributed by atoms with van der Waals surface area (Å²) in [6, 6.07) is 15.4. The molecule has 0 aliphatic heterocycles. The second-order valence-electron chi connectivity index (χ2n) is 6.05. The molecule has 0 fully saturated rings. The average molecular weight is 335 g/mol. The monoisotopic (exact) mass is 335 g/mol. The Bertz CT molecular complexity index is 899. The summed E-state index contributed by atoms with van der Waals surface area (Å²) in [6.45, 7) is 6.19. The van der Waals surface area contributed by atoms with Crippen LogP contribution in [0.3, 0.4) is 0 Å². The van der Waals surface area contributed by atoms with E-state index in [1.165, 1.54) is 0 Å². The lowest BCUT2D eigenvalue weighted by atomic mass is 10.1. The molecule has 0 saturated carbocycles. The Morgan fingerprint density at radius 2 is 1.88 bits per heavy atom. The molecular weight excluding hydrogens is 314 g/mol. The number of ether oxygens (including phenoxy) is 1. The number of amides is 1. The predicted octanol–water partition coefficient (Wildman–Crippen LogP) is 4.10. The zero-order valence-corrected chi connectivity index (χ0v) is 14.6. The highest BCUT2D eigenvalue weighted by Crippen LogP contribution is 2.18. The van der Waals surface area contributed by atoms with E-state index in [0.29, 0.717) is 5.69 Å². The van der Waals surface area contributed by atoms with Crippen molar-refractivity contribution in [2.75, 3.05) is 5.32 Å². The van der Waals surface area contributed by atoms with Crippen molar-refractivity contribution in [3.8, 4) is 5.75 Å². The van der Waals surface area contributed by atoms with E-state index < -0.39 is 0 Å². The minimum Gasteiger partial charge on any atom is -0.471 e. The molecule has 1 N–H and O–H groups in total. The molecule has 0 aliphatic carbocycles. The van der Waals surface area contributed by atoms with E-state index in [1.54, 1.807) is 16.9 Å². The minimum absolute atomic E-state index is 0.233. The van der Waals surface area contributed by atoms with Gasteiger partial charge in [0.15, 0.2) is 12.4 Å². The van der Waals surface area contributed by atoms with Crippen molar-refractivity contribution in [3.63, 3.8) is 0 Å². The van der Waals surface area contributed by atoms with Crippen molar-refractivity contribution in [3.05, 3.63) is 77.1 Å². The Balaban J connectivity index is 1.65. The van der Waals surface area contributed by atoms with Crippen LogP contribution in [0.15, 0.2) is 54.7 Å². The number of rotatable bonds is 5. The smallest absolute Gasteiger partial charge is 0.276 e. The molecule has 3 rings (SSSR count). The summed E-state index contributed by atoms with van der Waals surface area (Å²) in [4.78, 5) is 12.4. The fourth-order valence-electron chi connectivity index (χ4n) is 2.47. The van der Waals surface area contributed by atoms with Crippen LogP contribution in [0.4, 0.5) is 5.69 Å². The van der Waals surface area contributed by atoms with Crippen LogP contribution in [-0.4, -0.2) is 15.7 Å². The van der Waals surface area contributed by atoms with Gasteiger partial charge in [0.25, 0.3) is 5.91 Å². The van der Waals surface area contributed by atoms with Crippen molar-refractivity contribution in [2.24, 2.45) is 0 Å². The fraction of sp³-hybridized carbons (Fsp3) is 0.200. The lowest BCUT2D eigenvalue weighted by Crippen LogP contribution is -2.15. The summed E-state index contributed by atoms with van der Waals surface area (Å²) in [5, 5.41) is 7.19. The normalized spacial score (nSPS) is 10.5. The molecule has 0 spiro atoms. The topological polar surface area (TPSA) is 56.2 Å². The number of para-hydroxylation sites is 1. The van der Waals surface area contributed by atoms with Crippen molar-refractivity contribution in [1.82, 2.24) is 9.78 Å². The molecule has 0 radical (unpaired) electrons. The van der Waals surface area contributed by atoms with E-state index in [4.69, 9.17) is 4.74 Å². The number of hydrogen-bond donors (Lipinski definition) is 1. The van der Waals surface area contributed by atoms with Crippen molar-refractivity contribution < 1.29 is 9.53 Å². The Hall–Kier alpha value is -3.08. The predicted molar refractivity (Wildman–Crippen MR) is 97.9 cm³/mol. The molecule has 5 heteroatoms. The lowest BCUT2D eigenvalue weighted by molar-refractivity contribution is 0.102. The fourth-order valence-corrected chi connectivity index (χ4v) is 2.47. The van der Waals surface area contributed by atoms with Gasteiger partial charge in [-0.15, -0.1) is 0 Å². The van der Waals surface area contributed by atoms with E-state index in [-0.39, 0.29) is 12.6 Å². The van der Waals surface area contributed by atoms with Gasteiger partial charge >= 0.3 is 0 Å². The summed E-state index contributed by atoms with van der Waals surface area (Å²) in [7, 11) is 0. The van der Waals surface area contributed by atoms with E-state index >= 15 is 0 Å². The van der Waals surface area contributed by atoms with Crippen LogP contribution in [0.25, 0.3) is 0 Å². The molecule has 1 heterocycles. The summed E-state index contributed by atoms with van der Waals surface area (Å²) in [6.07, 6.45) is 1.73. The van der Waals surface area contributed by atoms with E-state index in [0.717, 1.165) is 28.1 Å². The third-order valence-electron chi connectivity index (χ3n) is 3.96. The molecule has 25 heavy (non-hydrogen) atoms. The Morgan fingerprint density at radius 1 is 1.08 bits per heavy atom. The maximum Gasteiger partial charge on any atom is 0.276 e. The van der Waals surface area contributed by atoms with E-state index in [1.807, 2.05) is 63.2 Å². The van der Waals surface area contributed by atoms with Gasteiger partial charge < -0.3 is 10.1 Å². The summed E-state index contributed by atoms with van der Waals surface area (Å²) in [5.41, 5.74) is 4.33. The molecule has 2 aromatic carbocycles. The number of anilines is 1. The van der Waals surface area contributed by atoms with Gasteiger partial charge in [-0.05, 0) is 55.7 Å². The Morgan fingerprint density at radius 3 is 2.68 bits per heavy atom. The van der Waals surface area contributed by atoms with Gasteiger partial charge in [-0.2, -0.15) is 5.10 Å². The maximum atomic E-state index is 12.4. The molecule has 0 saturated heterocycles. The first-order chi connectivity index (χ1) is 12.0. The van der Waals surface area contributed by atoms with Crippen molar-refractivity contribution in [1.29, 1.82) is 0 Å². The molecule has 0 unspecified atom stereocenters. The van der Waals surface area contributed by atoms with Gasteiger partial charge in [-0.25, -0.2) is 4.68 Å². The van der Waals surface area contributed by atoms with E-state index in [2.05, 4.69) is 10.4 Å². The molecule has 3 aromatic rings. The molecule has 0 aliphatic rings. The second-order valence-corrected chi connectivity index (χ2v) is 6.05. The van der Waals surface area contributed by atoms with E-state index in [9.17, 15) is 4.79 Å². The third-order valence-corrected chi connectivity index (χ3v) is 3.96. The second kappa shape index (κ2) is 7.21. The number of nitrogens with zero attached hydrogens (tertiary/aromatic N) is 2. The van der Waals surface area contributed by atoms with Gasteiger partial charge in [0.05, 0.1) is 0 Å². The first-order valence-electron chi connectivity index (χ1n) is 8.13. The van der Waals surface area contributed by atoms with Crippen LogP contribution in [0, 0.1) is 20.8 Å². The minimum atomic E-state index is -0.233. The van der Waals surface area contributed by atoms with Crippen molar-refractivity contribution >= 4 is 11.6 Å². The zero-order chi connectivity index (χ0) is 17.8. The van der Waals surface area contributed by atoms with Gasteiger partial charge in [0.2, 0.25) is 0 Å². The Labute approximate surface area is 147 Å². The van der Waals surface area contributed by atoms with Gasteiger partial charge in [0, 0.05) is 11.9 Å². The number of aromatic nitrogens is 2. The molecule has 0 bridgehead atoms. The average Bonchev–Trinajstić information content (AvgIpc) is 3.06. The number of nitrogens with one attached hydrogen (secondary N) is 1. The van der Waals surface area contributed by atoms with Crippen LogP contribution >= 0.6 is 0 Å². The standard InChI is InChI=1S/C20H21N3O2/c1-14-8-9-15(2)18(12-14)21-20(24)17-10-11-23(22-17)13-25-19-7-5-4-6-16(19)3/h4-12H,13H2,1-3H3,(H,21,24). The Kier molecular flexibility index (Phi) is 4.84. The van der Waals surface area contributed by atoms with Gasteiger partial charge in [-0.1, -0.05) is 30.3 Å². The summed E-state index contributed by atoms with van der Waals surface area (Å²) >= 11 is 0. The van der Waals surface area contributed by atoms with Gasteiger partial charge in [0.1, 0.15) is 5.75 Å². The lowest BCUT2D eigenvalue weighted by Gasteiger charge is -2.09. The van der Waals surface area contributed by atoms with Crippen LogP contribution < -0.4 is 10.1 Å². The highest BCUT2D eigenvalue weighted by molar-refractivity contribution is 6.03. The molecule has 0 atom stereocenters. The highest BCUT2D eigenvalue weighted by atomic mass is 16.5. The number of hydrogen-bond acceptors (Lipinski definition) is 3.